The minimum atomic E-state index is -3.60. The smallest absolute Gasteiger partial charge is 0.263 e. The van der Waals surface area contributed by atoms with Crippen molar-refractivity contribution in [1.82, 2.24) is 4.98 Å². The third-order valence-corrected chi connectivity index (χ3v) is 4.40. The highest BCUT2D eigenvalue weighted by Crippen LogP contribution is 2.22. The van der Waals surface area contributed by atoms with Crippen LogP contribution in [0.3, 0.4) is 0 Å². The van der Waals surface area contributed by atoms with Crippen molar-refractivity contribution < 1.29 is 8.42 Å². The Hall–Kier alpha value is -1.40. The zero-order valence-electron chi connectivity index (χ0n) is 8.67. The highest BCUT2D eigenvalue weighted by molar-refractivity contribution is 9.10. The van der Waals surface area contributed by atoms with Crippen LogP contribution in [0.25, 0.3) is 0 Å². The summed E-state index contributed by atoms with van der Waals surface area (Å²) in [6.45, 7) is 0. The van der Waals surface area contributed by atoms with Crippen molar-refractivity contribution in [2.45, 2.75) is 4.90 Å². The fraction of sp³-hybridized carbons (Fsp3) is 0. The maximum Gasteiger partial charge on any atom is 0.264 e. The highest BCUT2D eigenvalue weighted by Gasteiger charge is 2.17. The van der Waals surface area contributed by atoms with Crippen LogP contribution in [0.15, 0.2) is 58.0 Å². The standard InChI is InChI=1S/C11H9BrN2O2S/c12-9-5-1-2-6-10(9)17(15,16)14-11-7-3-4-8-13-11/h1-8H,(H,13,14). The van der Waals surface area contributed by atoms with Gasteiger partial charge in [0.2, 0.25) is 0 Å². The van der Waals surface area contributed by atoms with E-state index >= 15 is 0 Å². The molecule has 1 aromatic heterocycles. The monoisotopic (exact) mass is 312 g/mol. The lowest BCUT2D eigenvalue weighted by Gasteiger charge is -2.08. The fourth-order valence-corrected chi connectivity index (χ4v) is 3.29. The van der Waals surface area contributed by atoms with Crippen molar-refractivity contribution in [3.8, 4) is 0 Å². The van der Waals surface area contributed by atoms with Gasteiger partial charge in [0.15, 0.2) is 0 Å². The minimum absolute atomic E-state index is 0.186. The molecule has 1 N–H and O–H groups in total. The second kappa shape index (κ2) is 4.85. The van der Waals surface area contributed by atoms with Crippen LogP contribution in [0.4, 0.5) is 5.82 Å². The Morgan fingerprint density at radius 1 is 1.06 bits per heavy atom. The van der Waals surface area contributed by atoms with E-state index in [1.807, 2.05) is 0 Å². The van der Waals surface area contributed by atoms with Crippen molar-refractivity contribution in [3.63, 3.8) is 0 Å². The molecular weight excluding hydrogens is 304 g/mol. The molecular formula is C11H9BrN2O2S. The van der Waals surface area contributed by atoms with E-state index in [0.29, 0.717) is 10.3 Å². The van der Waals surface area contributed by atoms with Crippen LogP contribution in [0, 0.1) is 0 Å². The van der Waals surface area contributed by atoms with Crippen LogP contribution in [0.2, 0.25) is 0 Å². The summed E-state index contributed by atoms with van der Waals surface area (Å²) in [4.78, 5) is 4.10. The van der Waals surface area contributed by atoms with E-state index in [1.165, 1.54) is 12.3 Å². The summed E-state index contributed by atoms with van der Waals surface area (Å²) in [5.41, 5.74) is 0. The number of nitrogens with one attached hydrogen (secondary N) is 1. The van der Waals surface area contributed by atoms with Gasteiger partial charge in [0.1, 0.15) is 10.7 Å². The van der Waals surface area contributed by atoms with Crippen LogP contribution in [0.1, 0.15) is 0 Å². The first-order valence-corrected chi connectivity index (χ1v) is 7.05. The first-order valence-electron chi connectivity index (χ1n) is 4.78. The van der Waals surface area contributed by atoms with Crippen molar-refractivity contribution >= 4 is 31.8 Å². The lowest BCUT2D eigenvalue weighted by molar-refractivity contribution is 0.600. The number of aromatic nitrogens is 1. The summed E-state index contributed by atoms with van der Waals surface area (Å²) in [7, 11) is -3.60. The van der Waals surface area contributed by atoms with Crippen LogP contribution < -0.4 is 4.72 Å². The van der Waals surface area contributed by atoms with Crippen molar-refractivity contribution in [1.29, 1.82) is 0 Å². The van der Waals surface area contributed by atoms with Crippen molar-refractivity contribution in [2.75, 3.05) is 4.72 Å². The largest absolute Gasteiger partial charge is 0.264 e. The third kappa shape index (κ3) is 2.83. The van der Waals surface area contributed by atoms with Crippen LogP contribution in [-0.2, 0) is 10.0 Å². The van der Waals surface area contributed by atoms with Gasteiger partial charge < -0.3 is 0 Å². The van der Waals surface area contributed by atoms with E-state index < -0.39 is 10.0 Å². The van der Waals surface area contributed by atoms with Gasteiger partial charge in [-0.05, 0) is 40.2 Å². The number of rotatable bonds is 3. The molecule has 0 atom stereocenters. The first-order chi connectivity index (χ1) is 8.09. The molecule has 0 radical (unpaired) electrons. The summed E-state index contributed by atoms with van der Waals surface area (Å²) in [5, 5.41) is 0. The number of benzene rings is 1. The van der Waals surface area contributed by atoms with Gasteiger partial charge in [-0.1, -0.05) is 18.2 Å². The highest BCUT2D eigenvalue weighted by atomic mass is 79.9. The topological polar surface area (TPSA) is 59.1 Å². The van der Waals surface area contributed by atoms with E-state index in [0.717, 1.165) is 0 Å². The van der Waals surface area contributed by atoms with Gasteiger partial charge in [0.05, 0.1) is 0 Å². The molecule has 0 fully saturated rings. The van der Waals surface area contributed by atoms with Crippen LogP contribution in [0.5, 0.6) is 0 Å². The van der Waals surface area contributed by atoms with Crippen LogP contribution >= 0.6 is 15.9 Å². The third-order valence-electron chi connectivity index (χ3n) is 2.03. The molecule has 17 heavy (non-hydrogen) atoms. The molecule has 0 amide bonds. The summed E-state index contributed by atoms with van der Waals surface area (Å²) >= 11 is 3.21. The Balaban J connectivity index is 2.36. The second-order valence-corrected chi connectivity index (χ2v) is 5.76. The maximum absolute atomic E-state index is 12.0. The number of pyridine rings is 1. The molecule has 0 saturated carbocycles. The number of halogens is 1. The predicted molar refractivity (Wildman–Crippen MR) is 69.2 cm³/mol. The molecule has 0 bridgehead atoms. The molecule has 6 heteroatoms. The minimum Gasteiger partial charge on any atom is -0.263 e. The number of hydrogen-bond acceptors (Lipinski definition) is 3. The SMILES string of the molecule is O=S(=O)(Nc1ccccn1)c1ccccc1Br. The number of anilines is 1. The summed E-state index contributed by atoms with van der Waals surface area (Å²) < 4.78 is 27.0. The molecule has 1 heterocycles. The molecule has 0 aliphatic heterocycles. The molecule has 2 rings (SSSR count). The number of hydrogen-bond donors (Lipinski definition) is 1. The van der Waals surface area contributed by atoms with E-state index in [1.54, 1.807) is 36.4 Å². The fourth-order valence-electron chi connectivity index (χ4n) is 1.28. The Labute approximate surface area is 108 Å². The molecule has 4 nitrogen and oxygen atoms in total. The second-order valence-electron chi connectivity index (χ2n) is 3.25. The van der Waals surface area contributed by atoms with Crippen molar-refractivity contribution in [2.24, 2.45) is 0 Å². The van der Waals surface area contributed by atoms with Gasteiger partial charge in [-0.3, -0.25) is 4.72 Å². The Kier molecular flexibility index (Phi) is 3.44. The Bertz CT molecular complexity index is 614. The van der Waals surface area contributed by atoms with Gasteiger partial charge in [-0.2, -0.15) is 0 Å². The van der Waals surface area contributed by atoms with Gasteiger partial charge in [0, 0.05) is 10.7 Å². The average Bonchev–Trinajstić information content (AvgIpc) is 2.30. The summed E-state index contributed by atoms with van der Waals surface area (Å²) in [6, 6.07) is 11.6. The van der Waals surface area contributed by atoms with Gasteiger partial charge >= 0.3 is 0 Å². The number of sulfonamides is 1. The maximum atomic E-state index is 12.0. The average molecular weight is 313 g/mol. The lowest BCUT2D eigenvalue weighted by Crippen LogP contribution is -2.14. The first kappa shape index (κ1) is 12.1. The summed E-state index contributed by atoms with van der Waals surface area (Å²) in [5.74, 6) is 0.295. The molecule has 88 valence electrons. The van der Waals surface area contributed by atoms with E-state index in [9.17, 15) is 8.42 Å². The molecule has 0 spiro atoms. The van der Waals surface area contributed by atoms with Gasteiger partial charge in [-0.15, -0.1) is 0 Å². The van der Waals surface area contributed by atoms with Gasteiger partial charge in [0.25, 0.3) is 10.0 Å². The van der Waals surface area contributed by atoms with E-state index in [2.05, 4.69) is 25.6 Å². The molecule has 0 aliphatic carbocycles. The normalized spacial score (nSPS) is 11.1. The molecule has 0 saturated heterocycles. The zero-order chi connectivity index (χ0) is 12.3. The van der Waals surface area contributed by atoms with E-state index in [4.69, 9.17) is 0 Å². The van der Waals surface area contributed by atoms with Crippen molar-refractivity contribution in [3.05, 3.63) is 53.1 Å². The molecule has 0 aliphatic rings. The quantitative estimate of drug-likeness (QED) is 0.947. The zero-order valence-corrected chi connectivity index (χ0v) is 11.1. The molecule has 2 aromatic rings. The number of nitrogens with zero attached hydrogens (tertiary/aromatic N) is 1. The molecule has 1 aromatic carbocycles. The Morgan fingerprint density at radius 3 is 2.41 bits per heavy atom. The predicted octanol–water partition coefficient (Wildman–Crippen LogP) is 2.64. The molecule has 0 unspecified atom stereocenters. The Morgan fingerprint density at radius 2 is 1.76 bits per heavy atom. The van der Waals surface area contributed by atoms with E-state index in [-0.39, 0.29) is 4.90 Å². The van der Waals surface area contributed by atoms with Gasteiger partial charge in [-0.25, -0.2) is 13.4 Å². The van der Waals surface area contributed by atoms with Crippen LogP contribution in [-0.4, -0.2) is 13.4 Å². The summed E-state index contributed by atoms with van der Waals surface area (Å²) in [6.07, 6.45) is 1.53. The lowest BCUT2D eigenvalue weighted by atomic mass is 10.4.